The molecule has 0 aliphatic carbocycles. The summed E-state index contributed by atoms with van der Waals surface area (Å²) in [6, 6.07) is 0. The van der Waals surface area contributed by atoms with Gasteiger partial charge in [0.2, 0.25) is 10.0 Å². The highest BCUT2D eigenvalue weighted by molar-refractivity contribution is 7.89. The summed E-state index contributed by atoms with van der Waals surface area (Å²) in [5, 5.41) is 13.9. The lowest BCUT2D eigenvalue weighted by molar-refractivity contribution is -0.0228. The molecule has 0 radical (unpaired) electrons. The van der Waals surface area contributed by atoms with E-state index < -0.39 is 21.7 Å². The fraction of sp³-hybridized carbons (Fsp3) is 0.727. The Bertz CT molecular complexity index is 548. The average molecular weight is 290 g/mol. The number of ether oxygens (including phenoxy) is 1. The van der Waals surface area contributed by atoms with Crippen LogP contribution in [0, 0.1) is 13.8 Å². The van der Waals surface area contributed by atoms with E-state index in [1.165, 1.54) is 6.92 Å². The molecule has 0 amide bonds. The standard InChI is InChI=1S/C11H18N2O5S/c1-7-10(8(2)18-13-7)19(15,16)12-6-11(14)4-5-17-9(11)3/h9,12,14H,4-6H2,1-3H3. The molecule has 108 valence electrons. The molecule has 1 aromatic heterocycles. The second kappa shape index (κ2) is 4.86. The number of hydrogen-bond donors (Lipinski definition) is 2. The van der Waals surface area contributed by atoms with Gasteiger partial charge in [-0.1, -0.05) is 5.16 Å². The van der Waals surface area contributed by atoms with E-state index in [4.69, 9.17) is 9.26 Å². The minimum atomic E-state index is -3.75. The highest BCUT2D eigenvalue weighted by Gasteiger charge is 2.40. The van der Waals surface area contributed by atoms with Crippen LogP contribution in [0.2, 0.25) is 0 Å². The smallest absolute Gasteiger partial charge is 0.246 e. The van der Waals surface area contributed by atoms with Crippen LogP contribution >= 0.6 is 0 Å². The molecule has 0 saturated carbocycles. The maximum Gasteiger partial charge on any atom is 0.246 e. The monoisotopic (exact) mass is 290 g/mol. The third-order valence-electron chi connectivity index (χ3n) is 3.46. The number of rotatable bonds is 4. The molecule has 2 N–H and O–H groups in total. The van der Waals surface area contributed by atoms with E-state index in [0.29, 0.717) is 18.7 Å². The van der Waals surface area contributed by atoms with Crippen molar-refractivity contribution >= 4 is 10.0 Å². The summed E-state index contributed by atoms with van der Waals surface area (Å²) in [4.78, 5) is 0.0302. The van der Waals surface area contributed by atoms with Crippen molar-refractivity contribution in [1.82, 2.24) is 9.88 Å². The molecule has 2 heterocycles. The Morgan fingerprint density at radius 1 is 1.53 bits per heavy atom. The highest BCUT2D eigenvalue weighted by Crippen LogP contribution is 2.26. The number of hydrogen-bond acceptors (Lipinski definition) is 6. The Balaban J connectivity index is 2.15. The van der Waals surface area contributed by atoms with Crippen LogP contribution in [0.25, 0.3) is 0 Å². The molecule has 8 heteroatoms. The van der Waals surface area contributed by atoms with Gasteiger partial charge in [0.05, 0.1) is 6.10 Å². The largest absolute Gasteiger partial charge is 0.386 e. The predicted octanol–water partition coefficient (Wildman–Crippen LogP) is 0.110. The number of nitrogens with one attached hydrogen (secondary N) is 1. The summed E-state index contributed by atoms with van der Waals surface area (Å²) in [6.45, 7) is 5.13. The molecule has 1 fully saturated rings. The molecule has 1 aromatic rings. The molecule has 2 unspecified atom stereocenters. The molecule has 7 nitrogen and oxygen atoms in total. The molecule has 19 heavy (non-hydrogen) atoms. The number of sulfonamides is 1. The van der Waals surface area contributed by atoms with Crippen molar-refractivity contribution in [3.8, 4) is 0 Å². The summed E-state index contributed by atoms with van der Waals surface area (Å²) in [7, 11) is -3.75. The van der Waals surface area contributed by atoms with Crippen LogP contribution in [0.5, 0.6) is 0 Å². The fourth-order valence-electron chi connectivity index (χ4n) is 2.15. The van der Waals surface area contributed by atoms with E-state index in [0.717, 1.165) is 0 Å². The minimum Gasteiger partial charge on any atom is -0.386 e. The van der Waals surface area contributed by atoms with Crippen molar-refractivity contribution in [2.45, 2.75) is 43.8 Å². The first-order valence-electron chi connectivity index (χ1n) is 6.03. The third-order valence-corrected chi connectivity index (χ3v) is 5.11. The molecule has 0 bridgehead atoms. The van der Waals surface area contributed by atoms with Crippen molar-refractivity contribution in [2.24, 2.45) is 0 Å². The van der Waals surface area contributed by atoms with E-state index in [1.807, 2.05) is 0 Å². The maximum absolute atomic E-state index is 12.2. The molecule has 0 aromatic carbocycles. The van der Waals surface area contributed by atoms with Crippen LogP contribution in [0.4, 0.5) is 0 Å². The van der Waals surface area contributed by atoms with Crippen molar-refractivity contribution < 1.29 is 22.8 Å². The predicted molar refractivity (Wildman–Crippen MR) is 66.1 cm³/mol. The lowest BCUT2D eigenvalue weighted by Crippen LogP contribution is -2.47. The summed E-state index contributed by atoms with van der Waals surface area (Å²) >= 11 is 0. The quantitative estimate of drug-likeness (QED) is 0.816. The molecular weight excluding hydrogens is 272 g/mol. The third kappa shape index (κ3) is 2.66. The van der Waals surface area contributed by atoms with Gasteiger partial charge in [-0.2, -0.15) is 0 Å². The van der Waals surface area contributed by atoms with Crippen LogP contribution in [-0.4, -0.2) is 43.5 Å². The van der Waals surface area contributed by atoms with Crippen LogP contribution < -0.4 is 4.72 Å². The Morgan fingerprint density at radius 3 is 2.68 bits per heavy atom. The lowest BCUT2D eigenvalue weighted by Gasteiger charge is -2.25. The second-order valence-electron chi connectivity index (χ2n) is 4.84. The van der Waals surface area contributed by atoms with E-state index in [9.17, 15) is 13.5 Å². The van der Waals surface area contributed by atoms with Crippen molar-refractivity contribution in [2.75, 3.05) is 13.2 Å². The number of aliphatic hydroxyl groups is 1. The van der Waals surface area contributed by atoms with E-state index in [2.05, 4.69) is 9.88 Å². The van der Waals surface area contributed by atoms with Crippen LogP contribution in [0.15, 0.2) is 9.42 Å². The van der Waals surface area contributed by atoms with Gasteiger partial charge in [0.15, 0.2) is 5.76 Å². The van der Waals surface area contributed by atoms with E-state index in [1.54, 1.807) is 13.8 Å². The molecule has 2 atom stereocenters. The molecule has 1 aliphatic heterocycles. The van der Waals surface area contributed by atoms with Crippen LogP contribution in [0.3, 0.4) is 0 Å². The van der Waals surface area contributed by atoms with Gasteiger partial charge in [-0.25, -0.2) is 13.1 Å². The normalized spacial score (nSPS) is 27.9. The van der Waals surface area contributed by atoms with E-state index >= 15 is 0 Å². The van der Waals surface area contributed by atoms with Gasteiger partial charge in [-0.3, -0.25) is 0 Å². The Morgan fingerprint density at radius 2 is 2.21 bits per heavy atom. The Hall–Kier alpha value is -0.960. The van der Waals surface area contributed by atoms with Gasteiger partial charge >= 0.3 is 0 Å². The number of aryl methyl sites for hydroxylation is 2. The molecule has 2 rings (SSSR count). The van der Waals surface area contributed by atoms with Gasteiger partial charge < -0.3 is 14.4 Å². The molecular formula is C11H18N2O5S. The zero-order chi connectivity index (χ0) is 14.3. The first-order chi connectivity index (χ1) is 8.76. The average Bonchev–Trinajstić information content (AvgIpc) is 2.82. The topological polar surface area (TPSA) is 102 Å². The van der Waals surface area contributed by atoms with Gasteiger partial charge in [0.25, 0.3) is 0 Å². The number of aromatic nitrogens is 1. The molecule has 1 aliphatic rings. The summed E-state index contributed by atoms with van der Waals surface area (Å²) in [6.07, 6.45) is -0.00182. The molecule has 0 spiro atoms. The zero-order valence-corrected chi connectivity index (χ0v) is 12.0. The Labute approximate surface area is 112 Å². The summed E-state index contributed by atoms with van der Waals surface area (Å²) < 4.78 is 36.9. The van der Waals surface area contributed by atoms with Crippen molar-refractivity contribution in [3.63, 3.8) is 0 Å². The van der Waals surface area contributed by atoms with Gasteiger partial charge in [0, 0.05) is 19.6 Å². The van der Waals surface area contributed by atoms with E-state index in [-0.39, 0.29) is 17.2 Å². The van der Waals surface area contributed by atoms with Gasteiger partial charge in [-0.05, 0) is 20.8 Å². The Kier molecular flexibility index (Phi) is 3.69. The van der Waals surface area contributed by atoms with Crippen LogP contribution in [-0.2, 0) is 14.8 Å². The van der Waals surface area contributed by atoms with Crippen molar-refractivity contribution in [1.29, 1.82) is 0 Å². The highest BCUT2D eigenvalue weighted by atomic mass is 32.2. The number of nitrogens with zero attached hydrogens (tertiary/aromatic N) is 1. The van der Waals surface area contributed by atoms with Gasteiger partial charge in [-0.15, -0.1) is 0 Å². The SMILES string of the molecule is Cc1noc(C)c1S(=O)(=O)NCC1(O)CCOC1C. The van der Waals surface area contributed by atoms with Crippen LogP contribution in [0.1, 0.15) is 24.8 Å². The second-order valence-corrected chi connectivity index (χ2v) is 6.55. The first kappa shape index (κ1) is 14.4. The van der Waals surface area contributed by atoms with Gasteiger partial charge in [0.1, 0.15) is 16.2 Å². The summed E-state index contributed by atoms with van der Waals surface area (Å²) in [5.74, 6) is 0.229. The zero-order valence-electron chi connectivity index (χ0n) is 11.1. The molecule has 1 saturated heterocycles. The minimum absolute atomic E-state index is 0.0302. The van der Waals surface area contributed by atoms with Crippen molar-refractivity contribution in [3.05, 3.63) is 11.5 Å². The first-order valence-corrected chi connectivity index (χ1v) is 7.51. The maximum atomic E-state index is 12.2. The summed E-state index contributed by atoms with van der Waals surface area (Å²) in [5.41, 5.74) is -0.876. The fourth-order valence-corrected chi connectivity index (χ4v) is 3.58. The lowest BCUT2D eigenvalue weighted by atomic mass is 9.97.